The number of rotatable bonds is 5. The summed E-state index contributed by atoms with van der Waals surface area (Å²) in [5, 5.41) is 3.13. The van der Waals surface area contributed by atoms with Crippen molar-refractivity contribution in [3.05, 3.63) is 42.5 Å². The molecule has 0 aliphatic heterocycles. The Morgan fingerprint density at radius 2 is 1.89 bits per heavy atom. The number of anilines is 3. The Labute approximate surface area is 112 Å². The normalized spacial score (nSPS) is 10.3. The molecule has 1 aromatic carbocycles. The van der Waals surface area contributed by atoms with E-state index in [0.717, 1.165) is 30.4 Å². The first-order chi connectivity index (χ1) is 9.24. The van der Waals surface area contributed by atoms with Crippen LogP contribution in [0.15, 0.2) is 36.7 Å². The standard InChI is InChI=1S/C14H17FN4/c1-3-17-13-9-16-10-14(18-13)19(4-2)12-7-5-11(15)6-8-12/h5-10H,3-4H2,1-2H3,(H,17,18). The molecule has 5 heteroatoms. The fraction of sp³-hybridized carbons (Fsp3) is 0.286. The van der Waals surface area contributed by atoms with Crippen LogP contribution in [0.25, 0.3) is 0 Å². The molecule has 4 nitrogen and oxygen atoms in total. The fourth-order valence-electron chi connectivity index (χ4n) is 1.85. The van der Waals surface area contributed by atoms with E-state index in [0.29, 0.717) is 0 Å². The van der Waals surface area contributed by atoms with Crippen LogP contribution < -0.4 is 10.2 Å². The smallest absolute Gasteiger partial charge is 0.153 e. The summed E-state index contributed by atoms with van der Waals surface area (Å²) in [7, 11) is 0. The van der Waals surface area contributed by atoms with Crippen molar-refractivity contribution in [1.29, 1.82) is 0 Å². The molecule has 0 bridgehead atoms. The Morgan fingerprint density at radius 3 is 2.53 bits per heavy atom. The highest BCUT2D eigenvalue weighted by molar-refractivity contribution is 5.60. The van der Waals surface area contributed by atoms with Crippen molar-refractivity contribution >= 4 is 17.3 Å². The van der Waals surface area contributed by atoms with Crippen molar-refractivity contribution in [1.82, 2.24) is 9.97 Å². The molecule has 19 heavy (non-hydrogen) atoms. The number of halogens is 1. The number of nitrogens with one attached hydrogen (secondary N) is 1. The fourth-order valence-corrected chi connectivity index (χ4v) is 1.85. The van der Waals surface area contributed by atoms with Gasteiger partial charge in [-0.2, -0.15) is 0 Å². The lowest BCUT2D eigenvalue weighted by Crippen LogP contribution is -2.18. The van der Waals surface area contributed by atoms with Gasteiger partial charge in [0.2, 0.25) is 0 Å². The molecule has 2 rings (SSSR count). The molecule has 0 saturated heterocycles. The Morgan fingerprint density at radius 1 is 1.16 bits per heavy atom. The largest absolute Gasteiger partial charge is 0.369 e. The van der Waals surface area contributed by atoms with E-state index in [1.807, 2.05) is 18.7 Å². The topological polar surface area (TPSA) is 41.1 Å². The van der Waals surface area contributed by atoms with Gasteiger partial charge in [0.25, 0.3) is 0 Å². The lowest BCUT2D eigenvalue weighted by atomic mass is 10.3. The van der Waals surface area contributed by atoms with Crippen LogP contribution in [0.2, 0.25) is 0 Å². The lowest BCUT2D eigenvalue weighted by molar-refractivity contribution is 0.628. The Hall–Kier alpha value is -2.17. The summed E-state index contributed by atoms with van der Waals surface area (Å²) in [5.74, 6) is 1.24. The van der Waals surface area contributed by atoms with Crippen LogP contribution >= 0.6 is 0 Å². The molecule has 0 aliphatic rings. The summed E-state index contributed by atoms with van der Waals surface area (Å²) >= 11 is 0. The van der Waals surface area contributed by atoms with Crippen LogP contribution in [0.5, 0.6) is 0 Å². The third-order valence-electron chi connectivity index (χ3n) is 2.71. The summed E-state index contributed by atoms with van der Waals surface area (Å²) in [6, 6.07) is 6.36. The van der Waals surface area contributed by atoms with Gasteiger partial charge in [0.1, 0.15) is 11.6 Å². The average Bonchev–Trinajstić information content (AvgIpc) is 2.43. The molecule has 0 radical (unpaired) electrons. The van der Waals surface area contributed by atoms with Gasteiger partial charge >= 0.3 is 0 Å². The van der Waals surface area contributed by atoms with Gasteiger partial charge < -0.3 is 10.2 Å². The summed E-state index contributed by atoms with van der Waals surface area (Å²) in [4.78, 5) is 10.6. The van der Waals surface area contributed by atoms with E-state index >= 15 is 0 Å². The number of hydrogen-bond donors (Lipinski definition) is 1. The average molecular weight is 260 g/mol. The second kappa shape index (κ2) is 6.13. The quantitative estimate of drug-likeness (QED) is 0.896. The van der Waals surface area contributed by atoms with Crippen molar-refractivity contribution in [2.75, 3.05) is 23.3 Å². The minimum absolute atomic E-state index is 0.243. The maximum atomic E-state index is 13.0. The second-order valence-corrected chi connectivity index (χ2v) is 4.01. The van der Waals surface area contributed by atoms with E-state index in [1.54, 1.807) is 24.5 Å². The van der Waals surface area contributed by atoms with Crippen molar-refractivity contribution < 1.29 is 4.39 Å². The van der Waals surface area contributed by atoms with Crippen LogP contribution in [0.3, 0.4) is 0 Å². The first kappa shape index (κ1) is 13.3. The molecule has 0 atom stereocenters. The molecule has 0 spiro atoms. The molecule has 0 fully saturated rings. The van der Waals surface area contributed by atoms with Gasteiger partial charge in [-0.25, -0.2) is 9.37 Å². The number of hydrogen-bond acceptors (Lipinski definition) is 4. The predicted octanol–water partition coefficient (Wildman–Crippen LogP) is 3.21. The molecule has 2 aromatic rings. The van der Waals surface area contributed by atoms with E-state index in [2.05, 4.69) is 15.3 Å². The summed E-state index contributed by atoms with van der Waals surface area (Å²) in [6.45, 7) is 5.55. The molecule has 100 valence electrons. The van der Waals surface area contributed by atoms with Crippen LogP contribution in [0, 0.1) is 5.82 Å². The van der Waals surface area contributed by atoms with Crippen LogP contribution in [0.1, 0.15) is 13.8 Å². The third kappa shape index (κ3) is 3.19. The van der Waals surface area contributed by atoms with Gasteiger partial charge in [0, 0.05) is 18.8 Å². The number of aromatic nitrogens is 2. The molecule has 0 unspecified atom stereocenters. The predicted molar refractivity (Wildman–Crippen MR) is 75.3 cm³/mol. The van der Waals surface area contributed by atoms with Crippen molar-refractivity contribution in [2.45, 2.75) is 13.8 Å². The lowest BCUT2D eigenvalue weighted by Gasteiger charge is -2.22. The molecule has 0 amide bonds. The van der Waals surface area contributed by atoms with E-state index in [-0.39, 0.29) is 5.82 Å². The highest BCUT2D eigenvalue weighted by Gasteiger charge is 2.09. The summed E-state index contributed by atoms with van der Waals surface area (Å²) in [6.07, 6.45) is 3.39. The molecular weight excluding hydrogens is 243 g/mol. The summed E-state index contributed by atoms with van der Waals surface area (Å²) < 4.78 is 13.0. The second-order valence-electron chi connectivity index (χ2n) is 4.01. The van der Waals surface area contributed by atoms with Crippen molar-refractivity contribution in [3.8, 4) is 0 Å². The van der Waals surface area contributed by atoms with Crippen molar-refractivity contribution in [3.63, 3.8) is 0 Å². The van der Waals surface area contributed by atoms with Gasteiger partial charge in [-0.1, -0.05) is 0 Å². The van der Waals surface area contributed by atoms with E-state index in [9.17, 15) is 4.39 Å². The zero-order chi connectivity index (χ0) is 13.7. The SMILES string of the molecule is CCNc1cncc(N(CC)c2ccc(F)cc2)n1. The third-order valence-corrected chi connectivity index (χ3v) is 2.71. The summed E-state index contributed by atoms with van der Waals surface area (Å²) in [5.41, 5.74) is 0.895. The van der Waals surface area contributed by atoms with Gasteiger partial charge in [-0.05, 0) is 38.1 Å². The molecule has 1 aromatic heterocycles. The molecular formula is C14H17FN4. The zero-order valence-corrected chi connectivity index (χ0v) is 11.1. The van der Waals surface area contributed by atoms with E-state index < -0.39 is 0 Å². The molecule has 0 saturated carbocycles. The van der Waals surface area contributed by atoms with Gasteiger partial charge in [0.15, 0.2) is 5.82 Å². The van der Waals surface area contributed by atoms with Crippen LogP contribution in [-0.4, -0.2) is 23.1 Å². The Bertz CT molecular complexity index is 527. The van der Waals surface area contributed by atoms with Crippen molar-refractivity contribution in [2.24, 2.45) is 0 Å². The number of nitrogens with zero attached hydrogens (tertiary/aromatic N) is 3. The monoisotopic (exact) mass is 260 g/mol. The van der Waals surface area contributed by atoms with Crippen LogP contribution in [0.4, 0.5) is 21.7 Å². The highest BCUT2D eigenvalue weighted by atomic mass is 19.1. The molecule has 1 heterocycles. The zero-order valence-electron chi connectivity index (χ0n) is 11.1. The minimum atomic E-state index is -0.243. The first-order valence-electron chi connectivity index (χ1n) is 6.33. The molecule has 0 aliphatic carbocycles. The van der Waals surface area contributed by atoms with E-state index in [4.69, 9.17) is 0 Å². The minimum Gasteiger partial charge on any atom is -0.369 e. The Kier molecular flexibility index (Phi) is 4.28. The van der Waals surface area contributed by atoms with Crippen LogP contribution in [-0.2, 0) is 0 Å². The first-order valence-corrected chi connectivity index (χ1v) is 6.33. The van der Waals surface area contributed by atoms with Gasteiger partial charge in [0.05, 0.1) is 12.4 Å². The maximum absolute atomic E-state index is 13.0. The number of benzene rings is 1. The van der Waals surface area contributed by atoms with E-state index in [1.165, 1.54) is 12.1 Å². The van der Waals surface area contributed by atoms with Gasteiger partial charge in [-0.15, -0.1) is 0 Å². The Balaban J connectivity index is 2.30. The maximum Gasteiger partial charge on any atom is 0.153 e. The van der Waals surface area contributed by atoms with Gasteiger partial charge in [-0.3, -0.25) is 4.98 Å². The molecule has 1 N–H and O–H groups in total. The highest BCUT2D eigenvalue weighted by Crippen LogP contribution is 2.23.